The molecule has 0 fully saturated rings. The van der Waals surface area contributed by atoms with Gasteiger partial charge in [0.1, 0.15) is 12.2 Å². The van der Waals surface area contributed by atoms with Crippen LogP contribution in [-0.2, 0) is 6.61 Å². The zero-order valence-electron chi connectivity index (χ0n) is 22.3. The Balaban J connectivity index is 1.57. The predicted octanol–water partition coefficient (Wildman–Crippen LogP) is 6.03. The molecule has 1 atom stereocenters. The summed E-state index contributed by atoms with van der Waals surface area (Å²) in [7, 11) is 1.58. The average molecular weight is 592 g/mol. The molecule has 0 radical (unpaired) electrons. The largest absolute Gasteiger partial charge is 0.493 e. The monoisotopic (exact) mass is 590 g/mol. The van der Waals surface area contributed by atoms with Gasteiger partial charge in [0.2, 0.25) is 5.76 Å². The minimum Gasteiger partial charge on any atom is -0.493 e. The first-order valence-electron chi connectivity index (χ1n) is 13.1. The second-order valence-corrected chi connectivity index (χ2v) is 10.3. The van der Waals surface area contributed by atoms with Crippen molar-refractivity contribution in [3.05, 3.63) is 104 Å². The number of ether oxygens (including phenoxy) is 2. The number of amides is 1. The highest BCUT2D eigenvalue weighted by atomic mass is 79.9. The van der Waals surface area contributed by atoms with E-state index in [9.17, 15) is 9.59 Å². The first-order valence-corrected chi connectivity index (χ1v) is 13.9. The van der Waals surface area contributed by atoms with Gasteiger partial charge in [-0.3, -0.25) is 9.59 Å². The van der Waals surface area contributed by atoms with Crippen LogP contribution in [0.4, 0.5) is 0 Å². The van der Waals surface area contributed by atoms with E-state index in [2.05, 4.69) is 34.7 Å². The molecule has 0 saturated heterocycles. The minimum atomic E-state index is -0.611. The van der Waals surface area contributed by atoms with Gasteiger partial charge in [-0.1, -0.05) is 66.2 Å². The molecule has 0 aliphatic carbocycles. The van der Waals surface area contributed by atoms with Crippen LogP contribution in [0.3, 0.4) is 0 Å². The maximum Gasteiger partial charge on any atom is 0.290 e. The van der Waals surface area contributed by atoms with Gasteiger partial charge in [0.25, 0.3) is 5.91 Å². The van der Waals surface area contributed by atoms with Crippen LogP contribution >= 0.6 is 15.9 Å². The third kappa shape index (κ3) is 5.31. The van der Waals surface area contributed by atoms with E-state index in [4.69, 9.17) is 13.9 Å². The highest BCUT2D eigenvalue weighted by molar-refractivity contribution is 9.10. The van der Waals surface area contributed by atoms with Crippen LogP contribution in [0.5, 0.6) is 11.5 Å². The van der Waals surface area contributed by atoms with Gasteiger partial charge in [-0.15, -0.1) is 0 Å². The van der Waals surface area contributed by atoms with Gasteiger partial charge in [-0.05, 0) is 54.5 Å². The third-order valence-electron chi connectivity index (χ3n) is 7.22. The summed E-state index contributed by atoms with van der Waals surface area (Å²) in [6.07, 6.45) is 0. The van der Waals surface area contributed by atoms with Crippen molar-refractivity contribution in [1.82, 2.24) is 9.80 Å². The summed E-state index contributed by atoms with van der Waals surface area (Å²) < 4.78 is 18.6. The van der Waals surface area contributed by atoms with Crippen LogP contribution in [0.15, 0.2) is 80.4 Å². The summed E-state index contributed by atoms with van der Waals surface area (Å²) in [6, 6.07) is 20.1. The van der Waals surface area contributed by atoms with E-state index in [-0.39, 0.29) is 17.1 Å². The Hall–Kier alpha value is -3.62. The number of carbonyl (C=O) groups is 1. The van der Waals surface area contributed by atoms with Crippen molar-refractivity contribution in [2.24, 2.45) is 0 Å². The summed E-state index contributed by atoms with van der Waals surface area (Å²) in [5.74, 6) is 0.926. The normalized spacial score (nSPS) is 14.7. The molecule has 0 saturated carbocycles. The number of likely N-dealkylation sites (N-methyl/N-ethyl adjacent to an activating group) is 1. The van der Waals surface area contributed by atoms with E-state index < -0.39 is 6.04 Å². The van der Waals surface area contributed by atoms with Crippen molar-refractivity contribution in [2.45, 2.75) is 26.5 Å². The second-order valence-electron chi connectivity index (χ2n) is 9.43. The molecule has 39 heavy (non-hydrogen) atoms. The van der Waals surface area contributed by atoms with E-state index in [1.165, 1.54) is 0 Å². The molecular formula is C31H31BrN2O5. The molecule has 1 unspecified atom stereocenters. The van der Waals surface area contributed by atoms with Crippen molar-refractivity contribution in [3.8, 4) is 11.5 Å². The van der Waals surface area contributed by atoms with Crippen LogP contribution in [0.2, 0.25) is 0 Å². The Morgan fingerprint density at radius 3 is 2.46 bits per heavy atom. The molecular weight excluding hydrogens is 560 g/mol. The van der Waals surface area contributed by atoms with Crippen molar-refractivity contribution in [2.75, 3.05) is 33.3 Å². The molecule has 1 aliphatic heterocycles. The number of hydrogen-bond acceptors (Lipinski definition) is 6. The molecule has 4 aromatic rings. The molecule has 1 amide bonds. The lowest BCUT2D eigenvalue weighted by molar-refractivity contribution is 0.0708. The topological polar surface area (TPSA) is 72.2 Å². The molecule has 0 spiro atoms. The molecule has 2 heterocycles. The van der Waals surface area contributed by atoms with Crippen LogP contribution in [0, 0.1) is 0 Å². The molecule has 5 rings (SSSR count). The number of nitrogens with zero attached hydrogens (tertiary/aromatic N) is 2. The Morgan fingerprint density at radius 1 is 0.974 bits per heavy atom. The van der Waals surface area contributed by atoms with E-state index in [1.54, 1.807) is 30.2 Å². The highest BCUT2D eigenvalue weighted by Crippen LogP contribution is 2.41. The standard InChI is InChI=1S/C31H31BrN2O5/c1-4-33(5-2)15-16-34-28(27-29(35)23-18-22(32)12-14-24(23)39-30(27)31(34)36)21-11-13-25(26(17-21)37-3)38-19-20-9-7-6-8-10-20/h6-14,17-18,28H,4-5,15-16,19H2,1-3H3. The maximum absolute atomic E-state index is 13.9. The molecule has 0 N–H and O–H groups in total. The summed E-state index contributed by atoms with van der Waals surface area (Å²) in [5, 5.41) is 0.432. The van der Waals surface area contributed by atoms with Gasteiger partial charge in [0, 0.05) is 17.6 Å². The van der Waals surface area contributed by atoms with Gasteiger partial charge < -0.3 is 23.7 Å². The fourth-order valence-corrected chi connectivity index (χ4v) is 5.43. The smallest absolute Gasteiger partial charge is 0.290 e. The molecule has 1 aromatic heterocycles. The van der Waals surface area contributed by atoms with Crippen LogP contribution in [0.1, 0.15) is 47.1 Å². The number of halogens is 1. The first-order chi connectivity index (χ1) is 18.9. The van der Waals surface area contributed by atoms with Crippen LogP contribution in [-0.4, -0.2) is 49.0 Å². The number of hydrogen-bond donors (Lipinski definition) is 0. The lowest BCUT2D eigenvalue weighted by Crippen LogP contribution is -2.37. The Kier molecular flexibility index (Phi) is 8.04. The predicted molar refractivity (Wildman–Crippen MR) is 155 cm³/mol. The SMILES string of the molecule is CCN(CC)CCN1C(=O)c2oc3ccc(Br)cc3c(=O)c2C1c1ccc(OCc2ccccc2)c(OC)c1. The Bertz CT molecular complexity index is 1550. The quantitative estimate of drug-likeness (QED) is 0.224. The third-order valence-corrected chi connectivity index (χ3v) is 7.71. The average Bonchev–Trinajstić information content (AvgIpc) is 3.24. The van der Waals surface area contributed by atoms with Crippen molar-refractivity contribution in [1.29, 1.82) is 0 Å². The number of rotatable bonds is 10. The van der Waals surface area contributed by atoms with Gasteiger partial charge in [0.15, 0.2) is 16.9 Å². The second kappa shape index (κ2) is 11.6. The Morgan fingerprint density at radius 2 is 1.74 bits per heavy atom. The lowest BCUT2D eigenvalue weighted by atomic mass is 9.98. The zero-order chi connectivity index (χ0) is 27.5. The number of methoxy groups -OCH3 is 1. The van der Waals surface area contributed by atoms with E-state index in [0.717, 1.165) is 28.7 Å². The number of carbonyl (C=O) groups excluding carboxylic acids is 1. The highest BCUT2D eigenvalue weighted by Gasteiger charge is 2.43. The molecule has 8 heteroatoms. The minimum absolute atomic E-state index is 0.0998. The lowest BCUT2D eigenvalue weighted by Gasteiger charge is -2.28. The van der Waals surface area contributed by atoms with Gasteiger partial charge in [0.05, 0.1) is 24.1 Å². The van der Waals surface area contributed by atoms with Gasteiger partial charge >= 0.3 is 0 Å². The van der Waals surface area contributed by atoms with Crippen LogP contribution < -0.4 is 14.9 Å². The van der Waals surface area contributed by atoms with E-state index >= 15 is 0 Å². The van der Waals surface area contributed by atoms with Crippen molar-refractivity contribution < 1.29 is 18.7 Å². The molecule has 1 aliphatic rings. The van der Waals surface area contributed by atoms with E-state index in [0.29, 0.717) is 47.7 Å². The first kappa shape index (κ1) is 27.0. The summed E-state index contributed by atoms with van der Waals surface area (Å²) >= 11 is 3.45. The summed E-state index contributed by atoms with van der Waals surface area (Å²) in [5.41, 5.74) is 2.33. The van der Waals surface area contributed by atoms with Crippen molar-refractivity contribution >= 4 is 32.8 Å². The number of fused-ring (bicyclic) bond motifs is 2. The fourth-order valence-electron chi connectivity index (χ4n) is 5.07. The molecule has 0 bridgehead atoms. The maximum atomic E-state index is 13.9. The summed E-state index contributed by atoms with van der Waals surface area (Å²) in [6.45, 7) is 7.44. The van der Waals surface area contributed by atoms with Crippen LogP contribution in [0.25, 0.3) is 11.0 Å². The Labute approximate surface area is 236 Å². The fraction of sp³-hybridized carbons (Fsp3) is 0.290. The van der Waals surface area contributed by atoms with E-state index in [1.807, 2.05) is 48.5 Å². The summed E-state index contributed by atoms with van der Waals surface area (Å²) in [4.78, 5) is 31.6. The molecule has 7 nitrogen and oxygen atoms in total. The van der Waals surface area contributed by atoms with Crippen molar-refractivity contribution in [3.63, 3.8) is 0 Å². The van der Waals surface area contributed by atoms with Gasteiger partial charge in [-0.2, -0.15) is 0 Å². The molecule has 202 valence electrons. The number of benzene rings is 3. The van der Waals surface area contributed by atoms with Gasteiger partial charge in [-0.25, -0.2) is 0 Å². The molecule has 3 aromatic carbocycles. The zero-order valence-corrected chi connectivity index (χ0v) is 23.9.